The van der Waals surface area contributed by atoms with Crippen molar-refractivity contribution in [3.63, 3.8) is 0 Å². The molecule has 0 saturated carbocycles. The minimum Gasteiger partial charge on any atom is -0.395 e. The van der Waals surface area contributed by atoms with Crippen molar-refractivity contribution in [3.05, 3.63) is 0 Å². The number of carbonyl (C=O) groups is 1. The number of nitrogens with one attached hydrogen (secondary N) is 1. The number of likely N-dealkylation sites (N-methyl/N-ethyl adjacent to an activating group) is 1. The van der Waals surface area contributed by atoms with Crippen molar-refractivity contribution in [2.45, 2.75) is 26.7 Å². The van der Waals surface area contributed by atoms with Gasteiger partial charge in [0.05, 0.1) is 6.61 Å². The summed E-state index contributed by atoms with van der Waals surface area (Å²) in [6.45, 7) is 5.77. The lowest BCUT2D eigenvalue weighted by Crippen LogP contribution is -2.41. The lowest BCUT2D eigenvalue weighted by molar-refractivity contribution is 0.180. The van der Waals surface area contributed by atoms with E-state index in [-0.39, 0.29) is 12.6 Å². The van der Waals surface area contributed by atoms with E-state index >= 15 is 0 Å². The number of hydrogen-bond acceptors (Lipinski definition) is 2. The van der Waals surface area contributed by atoms with Crippen LogP contribution in [-0.4, -0.2) is 42.3 Å². The van der Waals surface area contributed by atoms with Crippen LogP contribution in [0.25, 0.3) is 0 Å². The maximum absolute atomic E-state index is 11.3. The molecule has 0 aromatic carbocycles. The first-order chi connectivity index (χ1) is 6.26. The highest BCUT2D eigenvalue weighted by atomic mass is 16.3. The molecule has 2 N–H and O–H groups in total. The number of unbranched alkanes of at least 4 members (excludes halogenated alkanes) is 1. The van der Waals surface area contributed by atoms with E-state index in [9.17, 15) is 4.79 Å². The summed E-state index contributed by atoms with van der Waals surface area (Å²) in [5, 5.41) is 11.5. The molecule has 0 heterocycles. The van der Waals surface area contributed by atoms with Crippen LogP contribution >= 0.6 is 0 Å². The molecule has 0 aromatic rings. The van der Waals surface area contributed by atoms with Crippen LogP contribution in [0, 0.1) is 0 Å². The van der Waals surface area contributed by atoms with Gasteiger partial charge in [-0.15, -0.1) is 0 Å². The molecule has 0 spiro atoms. The maximum Gasteiger partial charge on any atom is 0.317 e. The van der Waals surface area contributed by atoms with E-state index in [2.05, 4.69) is 12.2 Å². The van der Waals surface area contributed by atoms with Crippen LogP contribution in [-0.2, 0) is 0 Å². The number of amides is 2. The molecule has 13 heavy (non-hydrogen) atoms. The lowest BCUT2D eigenvalue weighted by Gasteiger charge is -2.19. The van der Waals surface area contributed by atoms with Gasteiger partial charge in [0.25, 0.3) is 0 Å². The van der Waals surface area contributed by atoms with E-state index in [4.69, 9.17) is 5.11 Å². The van der Waals surface area contributed by atoms with Gasteiger partial charge in [0, 0.05) is 19.6 Å². The molecule has 0 saturated heterocycles. The Morgan fingerprint density at radius 2 is 2.15 bits per heavy atom. The van der Waals surface area contributed by atoms with Crippen LogP contribution in [0.3, 0.4) is 0 Å². The van der Waals surface area contributed by atoms with Crippen molar-refractivity contribution in [1.29, 1.82) is 0 Å². The fourth-order valence-corrected chi connectivity index (χ4v) is 1.01. The molecule has 0 atom stereocenters. The standard InChI is InChI=1S/C9H20N2O2/c1-3-5-6-10-9(13)11(4-2)7-8-12/h12H,3-8H2,1-2H3,(H,10,13). The summed E-state index contributed by atoms with van der Waals surface area (Å²) in [7, 11) is 0. The fourth-order valence-electron chi connectivity index (χ4n) is 1.01. The van der Waals surface area contributed by atoms with Gasteiger partial charge in [0.15, 0.2) is 0 Å². The molecule has 0 aliphatic rings. The van der Waals surface area contributed by atoms with Crippen molar-refractivity contribution >= 4 is 6.03 Å². The van der Waals surface area contributed by atoms with Crippen molar-refractivity contribution in [2.75, 3.05) is 26.2 Å². The minimum atomic E-state index is -0.0787. The average Bonchev–Trinajstić information content (AvgIpc) is 2.14. The summed E-state index contributed by atoms with van der Waals surface area (Å²) in [4.78, 5) is 12.9. The molecule has 78 valence electrons. The molecule has 4 nitrogen and oxygen atoms in total. The Morgan fingerprint density at radius 1 is 1.46 bits per heavy atom. The number of nitrogens with zero attached hydrogens (tertiary/aromatic N) is 1. The van der Waals surface area contributed by atoms with Gasteiger partial charge in [-0.3, -0.25) is 0 Å². The highest BCUT2D eigenvalue weighted by Crippen LogP contribution is 1.89. The quantitative estimate of drug-likeness (QED) is 0.606. The monoisotopic (exact) mass is 188 g/mol. The molecule has 0 radical (unpaired) electrons. The van der Waals surface area contributed by atoms with E-state index in [0.717, 1.165) is 19.4 Å². The minimum absolute atomic E-state index is 0.0229. The van der Waals surface area contributed by atoms with Crippen molar-refractivity contribution in [2.24, 2.45) is 0 Å². The molecule has 0 bridgehead atoms. The number of hydrogen-bond donors (Lipinski definition) is 2. The normalized spacial score (nSPS) is 9.77. The molecule has 0 aliphatic heterocycles. The smallest absolute Gasteiger partial charge is 0.317 e. The second-order valence-electron chi connectivity index (χ2n) is 2.89. The summed E-state index contributed by atoms with van der Waals surface area (Å²) in [6, 6.07) is -0.0787. The Bertz CT molecular complexity index is 140. The molecule has 0 unspecified atom stereocenters. The third kappa shape index (κ3) is 5.47. The zero-order chi connectivity index (χ0) is 10.1. The average molecular weight is 188 g/mol. The van der Waals surface area contributed by atoms with E-state index in [1.807, 2.05) is 6.92 Å². The van der Waals surface area contributed by atoms with Crippen LogP contribution < -0.4 is 5.32 Å². The summed E-state index contributed by atoms with van der Waals surface area (Å²) in [5.74, 6) is 0. The number of urea groups is 1. The van der Waals surface area contributed by atoms with Crippen LogP contribution in [0.2, 0.25) is 0 Å². The molecule has 2 amide bonds. The van der Waals surface area contributed by atoms with Gasteiger partial charge in [0.1, 0.15) is 0 Å². The zero-order valence-corrected chi connectivity index (χ0v) is 8.55. The van der Waals surface area contributed by atoms with Crippen molar-refractivity contribution < 1.29 is 9.90 Å². The third-order valence-electron chi connectivity index (χ3n) is 1.85. The molecule has 0 fully saturated rings. The maximum atomic E-state index is 11.3. The summed E-state index contributed by atoms with van der Waals surface area (Å²) >= 11 is 0. The topological polar surface area (TPSA) is 52.6 Å². The highest BCUT2D eigenvalue weighted by Gasteiger charge is 2.08. The van der Waals surface area contributed by atoms with Gasteiger partial charge >= 0.3 is 6.03 Å². The predicted molar refractivity (Wildman–Crippen MR) is 52.6 cm³/mol. The van der Waals surface area contributed by atoms with Crippen molar-refractivity contribution in [1.82, 2.24) is 10.2 Å². The van der Waals surface area contributed by atoms with Gasteiger partial charge < -0.3 is 15.3 Å². The lowest BCUT2D eigenvalue weighted by atomic mass is 10.3. The summed E-state index contributed by atoms with van der Waals surface area (Å²) < 4.78 is 0. The Labute approximate surface area is 79.9 Å². The van der Waals surface area contributed by atoms with Crippen LogP contribution in [0.4, 0.5) is 4.79 Å². The Morgan fingerprint density at radius 3 is 2.62 bits per heavy atom. The summed E-state index contributed by atoms with van der Waals surface area (Å²) in [6.07, 6.45) is 2.08. The second-order valence-corrected chi connectivity index (χ2v) is 2.89. The SMILES string of the molecule is CCCCNC(=O)N(CC)CCO. The Hall–Kier alpha value is -0.770. The molecular formula is C9H20N2O2. The van der Waals surface area contributed by atoms with Crippen LogP contribution in [0.5, 0.6) is 0 Å². The first-order valence-corrected chi connectivity index (χ1v) is 4.89. The Balaban J connectivity index is 3.64. The molecule has 0 rings (SSSR count). The van der Waals surface area contributed by atoms with Gasteiger partial charge in [-0.1, -0.05) is 13.3 Å². The predicted octanol–water partition coefficient (Wildman–Crippen LogP) is 0.810. The number of rotatable bonds is 6. The van der Waals surface area contributed by atoms with Gasteiger partial charge in [0.2, 0.25) is 0 Å². The molecule has 4 heteroatoms. The van der Waals surface area contributed by atoms with Gasteiger partial charge in [-0.05, 0) is 13.3 Å². The summed E-state index contributed by atoms with van der Waals surface area (Å²) in [5.41, 5.74) is 0. The second kappa shape index (κ2) is 7.86. The number of aliphatic hydroxyl groups excluding tert-OH is 1. The molecule has 0 aromatic heterocycles. The van der Waals surface area contributed by atoms with E-state index < -0.39 is 0 Å². The zero-order valence-electron chi connectivity index (χ0n) is 8.55. The van der Waals surface area contributed by atoms with Crippen LogP contribution in [0.1, 0.15) is 26.7 Å². The highest BCUT2D eigenvalue weighted by molar-refractivity contribution is 5.74. The van der Waals surface area contributed by atoms with E-state index in [1.165, 1.54) is 0 Å². The Kier molecular flexibility index (Phi) is 7.39. The molecule has 0 aliphatic carbocycles. The molecular weight excluding hydrogens is 168 g/mol. The largest absolute Gasteiger partial charge is 0.395 e. The van der Waals surface area contributed by atoms with Crippen molar-refractivity contribution in [3.8, 4) is 0 Å². The van der Waals surface area contributed by atoms with E-state index in [1.54, 1.807) is 4.90 Å². The third-order valence-corrected chi connectivity index (χ3v) is 1.85. The van der Waals surface area contributed by atoms with Crippen LogP contribution in [0.15, 0.2) is 0 Å². The number of carbonyl (C=O) groups excluding carboxylic acids is 1. The van der Waals surface area contributed by atoms with Gasteiger partial charge in [-0.25, -0.2) is 4.79 Å². The fraction of sp³-hybridized carbons (Fsp3) is 0.889. The first kappa shape index (κ1) is 12.2. The number of aliphatic hydroxyl groups is 1. The van der Waals surface area contributed by atoms with E-state index in [0.29, 0.717) is 13.1 Å². The first-order valence-electron chi connectivity index (χ1n) is 4.89. The van der Waals surface area contributed by atoms with Gasteiger partial charge in [-0.2, -0.15) is 0 Å².